The molecule has 0 spiro atoms. The minimum Gasteiger partial charge on any atom is -0.339 e. The Bertz CT molecular complexity index is 384. The molecule has 0 saturated heterocycles. The van der Waals surface area contributed by atoms with E-state index in [0.717, 1.165) is 50.0 Å². The summed E-state index contributed by atoms with van der Waals surface area (Å²) >= 11 is 0. The van der Waals surface area contributed by atoms with Crippen LogP contribution in [-0.4, -0.2) is 37.5 Å². The number of nitrogens with zero attached hydrogens (tertiary/aromatic N) is 1. The van der Waals surface area contributed by atoms with Crippen LogP contribution in [0, 0.1) is 0 Å². The molecular weight excluding hydrogens is 236 g/mol. The van der Waals surface area contributed by atoms with Crippen LogP contribution in [0.1, 0.15) is 42.6 Å². The molecule has 0 saturated carbocycles. The summed E-state index contributed by atoms with van der Waals surface area (Å²) in [5.74, 6) is 0.176. The summed E-state index contributed by atoms with van der Waals surface area (Å²) in [5, 5.41) is 3.14. The zero-order valence-electron chi connectivity index (χ0n) is 12.4. The second-order valence-electron chi connectivity index (χ2n) is 4.80. The van der Waals surface area contributed by atoms with Crippen LogP contribution in [0.15, 0.2) is 24.3 Å². The molecule has 19 heavy (non-hydrogen) atoms. The van der Waals surface area contributed by atoms with E-state index in [1.165, 1.54) is 0 Å². The Morgan fingerprint density at radius 3 is 2.37 bits per heavy atom. The van der Waals surface area contributed by atoms with Gasteiger partial charge in [0.2, 0.25) is 0 Å². The monoisotopic (exact) mass is 262 g/mol. The summed E-state index contributed by atoms with van der Waals surface area (Å²) in [5.41, 5.74) is 2.00. The van der Waals surface area contributed by atoms with Crippen molar-refractivity contribution in [3.05, 3.63) is 35.4 Å². The second kappa shape index (κ2) is 8.70. The largest absolute Gasteiger partial charge is 0.339 e. The number of nitrogens with one attached hydrogen (secondary N) is 1. The van der Waals surface area contributed by atoms with Gasteiger partial charge in [-0.25, -0.2) is 0 Å². The molecule has 0 atom stereocenters. The highest BCUT2D eigenvalue weighted by Crippen LogP contribution is 2.13. The van der Waals surface area contributed by atoms with Gasteiger partial charge in [-0.05, 0) is 44.5 Å². The summed E-state index contributed by atoms with van der Waals surface area (Å²) in [6, 6.07) is 7.96. The molecule has 0 unspecified atom stereocenters. The van der Waals surface area contributed by atoms with Crippen LogP contribution in [0.3, 0.4) is 0 Å². The van der Waals surface area contributed by atoms with Crippen LogP contribution >= 0.6 is 0 Å². The number of amides is 1. The average molecular weight is 262 g/mol. The lowest BCUT2D eigenvalue weighted by Crippen LogP contribution is -2.33. The third-order valence-electron chi connectivity index (χ3n) is 3.17. The number of rotatable bonds is 8. The molecule has 0 heterocycles. The Kier molecular flexibility index (Phi) is 7.19. The first-order chi connectivity index (χ1) is 9.24. The number of carbonyl (C=O) groups is 1. The lowest BCUT2D eigenvalue weighted by atomic mass is 10.0. The zero-order valence-corrected chi connectivity index (χ0v) is 12.4. The molecule has 0 aliphatic heterocycles. The maximum Gasteiger partial charge on any atom is 0.254 e. The molecular formula is C16H26N2O. The van der Waals surface area contributed by atoms with E-state index in [-0.39, 0.29) is 5.91 Å². The van der Waals surface area contributed by atoms with E-state index in [4.69, 9.17) is 0 Å². The van der Waals surface area contributed by atoms with Crippen molar-refractivity contribution >= 4 is 5.91 Å². The van der Waals surface area contributed by atoms with Gasteiger partial charge in [-0.1, -0.05) is 32.0 Å². The summed E-state index contributed by atoms with van der Waals surface area (Å²) in [6.45, 7) is 6.80. The molecule has 3 nitrogen and oxygen atoms in total. The highest BCUT2D eigenvalue weighted by atomic mass is 16.2. The highest BCUT2D eigenvalue weighted by Gasteiger charge is 2.16. The predicted molar refractivity (Wildman–Crippen MR) is 80.6 cm³/mol. The fraction of sp³-hybridized carbons (Fsp3) is 0.562. The van der Waals surface area contributed by atoms with Crippen molar-refractivity contribution in [2.24, 2.45) is 0 Å². The topological polar surface area (TPSA) is 32.3 Å². The Morgan fingerprint density at radius 2 is 1.79 bits per heavy atom. The molecule has 1 N–H and O–H groups in total. The maximum atomic E-state index is 12.6. The van der Waals surface area contributed by atoms with Crippen LogP contribution in [0.25, 0.3) is 0 Å². The minimum atomic E-state index is 0.176. The minimum absolute atomic E-state index is 0.176. The Balaban J connectivity index is 2.89. The Morgan fingerprint density at radius 1 is 1.16 bits per heavy atom. The maximum absolute atomic E-state index is 12.6. The summed E-state index contributed by atoms with van der Waals surface area (Å²) in [7, 11) is 1.94. The third-order valence-corrected chi connectivity index (χ3v) is 3.17. The van der Waals surface area contributed by atoms with E-state index in [0.29, 0.717) is 0 Å². The van der Waals surface area contributed by atoms with Gasteiger partial charge in [0.1, 0.15) is 0 Å². The first kappa shape index (κ1) is 15.7. The molecule has 0 aliphatic carbocycles. The van der Waals surface area contributed by atoms with E-state index in [1.807, 2.05) is 30.1 Å². The zero-order chi connectivity index (χ0) is 14.1. The molecule has 1 aromatic carbocycles. The third kappa shape index (κ3) is 4.67. The number of likely N-dealkylation sites (N-methyl/N-ethyl adjacent to an activating group) is 1. The van der Waals surface area contributed by atoms with Crippen LogP contribution in [0.5, 0.6) is 0 Å². The molecule has 1 aromatic rings. The van der Waals surface area contributed by atoms with Crippen molar-refractivity contribution < 1.29 is 4.79 Å². The van der Waals surface area contributed by atoms with Crippen LogP contribution in [-0.2, 0) is 6.42 Å². The van der Waals surface area contributed by atoms with Crippen molar-refractivity contribution in [3.8, 4) is 0 Å². The van der Waals surface area contributed by atoms with Crippen molar-refractivity contribution in [1.82, 2.24) is 10.2 Å². The SMILES string of the molecule is CCCN(CCC)C(=O)c1ccccc1CCNC. The Hall–Kier alpha value is -1.35. The van der Waals surface area contributed by atoms with Crippen LogP contribution in [0.4, 0.5) is 0 Å². The smallest absolute Gasteiger partial charge is 0.254 e. The molecule has 106 valence electrons. The molecule has 0 radical (unpaired) electrons. The Labute approximate surface area is 117 Å². The van der Waals surface area contributed by atoms with Crippen LogP contribution < -0.4 is 5.32 Å². The van der Waals surface area contributed by atoms with Gasteiger partial charge in [-0.3, -0.25) is 4.79 Å². The first-order valence-corrected chi connectivity index (χ1v) is 7.26. The average Bonchev–Trinajstić information content (AvgIpc) is 2.44. The number of hydrogen-bond acceptors (Lipinski definition) is 2. The molecule has 1 amide bonds. The van der Waals surface area contributed by atoms with Gasteiger partial charge in [-0.15, -0.1) is 0 Å². The normalized spacial score (nSPS) is 10.5. The van der Waals surface area contributed by atoms with Gasteiger partial charge in [0.25, 0.3) is 5.91 Å². The van der Waals surface area contributed by atoms with Gasteiger partial charge in [0, 0.05) is 18.7 Å². The van der Waals surface area contributed by atoms with E-state index < -0.39 is 0 Å². The lowest BCUT2D eigenvalue weighted by Gasteiger charge is -2.23. The molecule has 0 bridgehead atoms. The van der Waals surface area contributed by atoms with Crippen molar-refractivity contribution in [1.29, 1.82) is 0 Å². The summed E-state index contributed by atoms with van der Waals surface area (Å²) < 4.78 is 0. The van der Waals surface area contributed by atoms with E-state index in [2.05, 4.69) is 25.2 Å². The standard InChI is InChI=1S/C16H26N2O/c1-4-12-18(13-5-2)16(19)15-9-7-6-8-14(15)10-11-17-3/h6-9,17H,4-5,10-13H2,1-3H3. The van der Waals surface area contributed by atoms with E-state index in [9.17, 15) is 4.79 Å². The number of benzene rings is 1. The molecule has 1 rings (SSSR count). The fourth-order valence-corrected chi connectivity index (χ4v) is 2.23. The van der Waals surface area contributed by atoms with Gasteiger partial charge in [0.05, 0.1) is 0 Å². The molecule has 0 aromatic heterocycles. The van der Waals surface area contributed by atoms with Crippen molar-refractivity contribution in [2.45, 2.75) is 33.1 Å². The first-order valence-electron chi connectivity index (χ1n) is 7.26. The fourth-order valence-electron chi connectivity index (χ4n) is 2.23. The predicted octanol–water partition coefficient (Wildman–Crippen LogP) is 2.71. The number of carbonyl (C=O) groups excluding carboxylic acids is 1. The lowest BCUT2D eigenvalue weighted by molar-refractivity contribution is 0.0754. The van der Waals surface area contributed by atoms with E-state index >= 15 is 0 Å². The summed E-state index contributed by atoms with van der Waals surface area (Å²) in [4.78, 5) is 14.6. The summed E-state index contributed by atoms with van der Waals surface area (Å²) in [6.07, 6.45) is 2.90. The van der Waals surface area contributed by atoms with Crippen molar-refractivity contribution in [3.63, 3.8) is 0 Å². The molecule has 0 fully saturated rings. The number of hydrogen-bond donors (Lipinski definition) is 1. The molecule has 3 heteroatoms. The van der Waals surface area contributed by atoms with Gasteiger partial charge < -0.3 is 10.2 Å². The molecule has 0 aliphatic rings. The second-order valence-corrected chi connectivity index (χ2v) is 4.80. The van der Waals surface area contributed by atoms with Gasteiger partial charge in [0.15, 0.2) is 0 Å². The quantitative estimate of drug-likeness (QED) is 0.781. The van der Waals surface area contributed by atoms with Crippen LogP contribution in [0.2, 0.25) is 0 Å². The van der Waals surface area contributed by atoms with Crippen molar-refractivity contribution in [2.75, 3.05) is 26.7 Å². The highest BCUT2D eigenvalue weighted by molar-refractivity contribution is 5.95. The van der Waals surface area contributed by atoms with Gasteiger partial charge in [-0.2, -0.15) is 0 Å². The van der Waals surface area contributed by atoms with E-state index in [1.54, 1.807) is 0 Å². The van der Waals surface area contributed by atoms with Gasteiger partial charge >= 0.3 is 0 Å².